The van der Waals surface area contributed by atoms with E-state index in [0.29, 0.717) is 18.8 Å². The zero-order valence-corrected chi connectivity index (χ0v) is 11.2. The van der Waals surface area contributed by atoms with E-state index in [1.807, 2.05) is 33.0 Å². The molecule has 0 atom stereocenters. The molecule has 0 aliphatic heterocycles. The van der Waals surface area contributed by atoms with Crippen LogP contribution in [0.2, 0.25) is 0 Å². The number of nitrogens with one attached hydrogen (secondary N) is 2. The zero-order valence-electron chi connectivity index (χ0n) is 10.4. The predicted octanol–water partition coefficient (Wildman–Crippen LogP) is 1.73. The average Bonchev–Trinajstić information content (AvgIpc) is 2.30. The van der Waals surface area contributed by atoms with E-state index in [2.05, 4.69) is 10.0 Å². The Morgan fingerprint density at radius 1 is 1.06 bits per heavy atom. The molecule has 0 saturated carbocycles. The van der Waals surface area contributed by atoms with Gasteiger partial charge in [0, 0.05) is 31.5 Å². The third kappa shape index (κ3) is 3.61. The van der Waals surface area contributed by atoms with Gasteiger partial charge in [0.2, 0.25) is 0 Å². The fourth-order valence-electron chi connectivity index (χ4n) is 1.48. The molecular formula is C11H19N3O2S. The fraction of sp³-hybridized carbons (Fsp3) is 0.455. The summed E-state index contributed by atoms with van der Waals surface area (Å²) in [7, 11) is -1.62. The first kappa shape index (κ1) is 13.8. The highest BCUT2D eigenvalue weighted by atomic mass is 32.2. The van der Waals surface area contributed by atoms with E-state index in [4.69, 9.17) is 0 Å². The number of rotatable bonds is 6. The van der Waals surface area contributed by atoms with Crippen LogP contribution in [-0.2, 0) is 10.2 Å². The van der Waals surface area contributed by atoms with E-state index in [0.717, 1.165) is 5.69 Å². The summed E-state index contributed by atoms with van der Waals surface area (Å²) in [5.41, 5.74) is 1.51. The van der Waals surface area contributed by atoms with Crippen molar-refractivity contribution in [3.05, 3.63) is 24.3 Å². The van der Waals surface area contributed by atoms with Gasteiger partial charge in [0.25, 0.3) is 0 Å². The molecule has 2 N–H and O–H groups in total. The van der Waals surface area contributed by atoms with Crippen LogP contribution in [0.3, 0.4) is 0 Å². The van der Waals surface area contributed by atoms with Gasteiger partial charge in [-0.05, 0) is 24.3 Å². The standard InChI is InChI=1S/C11H19N3O2S/c1-4-14(5-2)17(15,16)13-11-8-6-10(12-3)7-9-11/h6-9,12-13H,4-5H2,1-3H3. The molecule has 0 amide bonds. The topological polar surface area (TPSA) is 61.4 Å². The van der Waals surface area contributed by atoms with Crippen LogP contribution >= 0.6 is 0 Å². The fourth-order valence-corrected chi connectivity index (χ4v) is 2.72. The second-order valence-corrected chi connectivity index (χ2v) is 5.19. The molecule has 1 rings (SSSR count). The minimum Gasteiger partial charge on any atom is -0.388 e. The van der Waals surface area contributed by atoms with Crippen molar-refractivity contribution in [1.29, 1.82) is 0 Å². The molecule has 0 aliphatic carbocycles. The molecule has 1 aromatic rings. The van der Waals surface area contributed by atoms with E-state index in [-0.39, 0.29) is 0 Å². The highest BCUT2D eigenvalue weighted by Crippen LogP contribution is 2.15. The lowest BCUT2D eigenvalue weighted by Crippen LogP contribution is -2.35. The average molecular weight is 257 g/mol. The van der Waals surface area contributed by atoms with Crippen molar-refractivity contribution < 1.29 is 8.42 Å². The number of hydrogen-bond donors (Lipinski definition) is 2. The van der Waals surface area contributed by atoms with Crippen LogP contribution in [0.5, 0.6) is 0 Å². The second-order valence-electron chi connectivity index (χ2n) is 3.52. The molecule has 5 nitrogen and oxygen atoms in total. The summed E-state index contributed by atoms with van der Waals surface area (Å²) in [6.45, 7) is 4.54. The smallest absolute Gasteiger partial charge is 0.301 e. The van der Waals surface area contributed by atoms with Crippen molar-refractivity contribution in [2.24, 2.45) is 0 Å². The maximum absolute atomic E-state index is 11.9. The van der Waals surface area contributed by atoms with Crippen molar-refractivity contribution in [2.45, 2.75) is 13.8 Å². The van der Waals surface area contributed by atoms with Gasteiger partial charge in [-0.25, -0.2) is 0 Å². The molecule has 0 bridgehead atoms. The van der Waals surface area contributed by atoms with E-state index >= 15 is 0 Å². The minimum absolute atomic E-state index is 0.459. The van der Waals surface area contributed by atoms with E-state index in [1.54, 1.807) is 12.1 Å². The van der Waals surface area contributed by atoms with Crippen molar-refractivity contribution in [1.82, 2.24) is 4.31 Å². The summed E-state index contributed by atoms with van der Waals surface area (Å²) in [6, 6.07) is 7.10. The minimum atomic E-state index is -3.43. The number of anilines is 2. The molecule has 0 saturated heterocycles. The molecule has 0 fully saturated rings. The van der Waals surface area contributed by atoms with Crippen molar-refractivity contribution in [3.8, 4) is 0 Å². The lowest BCUT2D eigenvalue weighted by molar-refractivity contribution is 0.449. The summed E-state index contributed by atoms with van der Waals surface area (Å²) in [4.78, 5) is 0. The highest BCUT2D eigenvalue weighted by Gasteiger charge is 2.17. The predicted molar refractivity (Wildman–Crippen MR) is 71.5 cm³/mol. The van der Waals surface area contributed by atoms with Gasteiger partial charge in [0.05, 0.1) is 0 Å². The molecule has 0 radical (unpaired) electrons. The van der Waals surface area contributed by atoms with E-state index in [9.17, 15) is 8.42 Å². The lowest BCUT2D eigenvalue weighted by atomic mass is 10.3. The third-order valence-corrected chi connectivity index (χ3v) is 4.16. The molecular weight excluding hydrogens is 238 g/mol. The molecule has 0 aliphatic rings. The van der Waals surface area contributed by atoms with Gasteiger partial charge in [0.15, 0.2) is 0 Å². The van der Waals surface area contributed by atoms with Crippen LogP contribution in [0.25, 0.3) is 0 Å². The highest BCUT2D eigenvalue weighted by molar-refractivity contribution is 7.90. The quantitative estimate of drug-likeness (QED) is 0.816. The van der Waals surface area contributed by atoms with Gasteiger partial charge < -0.3 is 5.32 Å². The SMILES string of the molecule is CCN(CC)S(=O)(=O)Nc1ccc(NC)cc1. The third-order valence-electron chi connectivity index (χ3n) is 2.47. The molecule has 1 aromatic carbocycles. The summed E-state index contributed by atoms with van der Waals surface area (Å²) in [5, 5.41) is 2.97. The largest absolute Gasteiger partial charge is 0.388 e. The van der Waals surface area contributed by atoms with Gasteiger partial charge in [-0.1, -0.05) is 13.8 Å². The van der Waals surface area contributed by atoms with Crippen LogP contribution in [-0.4, -0.2) is 32.9 Å². The molecule has 6 heteroatoms. The lowest BCUT2D eigenvalue weighted by Gasteiger charge is -2.19. The summed E-state index contributed by atoms with van der Waals surface area (Å²) in [6.07, 6.45) is 0. The molecule has 0 heterocycles. The molecule has 0 unspecified atom stereocenters. The van der Waals surface area contributed by atoms with Crippen molar-refractivity contribution >= 4 is 21.6 Å². The monoisotopic (exact) mass is 257 g/mol. The van der Waals surface area contributed by atoms with Crippen LogP contribution in [0.1, 0.15) is 13.8 Å². The van der Waals surface area contributed by atoms with Gasteiger partial charge in [-0.15, -0.1) is 0 Å². The first-order chi connectivity index (χ1) is 8.03. The Labute approximate surface area is 103 Å². The molecule has 0 aromatic heterocycles. The van der Waals surface area contributed by atoms with E-state index in [1.165, 1.54) is 4.31 Å². The van der Waals surface area contributed by atoms with Gasteiger partial charge >= 0.3 is 10.2 Å². The molecule has 96 valence electrons. The Morgan fingerprint density at radius 3 is 1.94 bits per heavy atom. The summed E-state index contributed by atoms with van der Waals surface area (Å²) in [5.74, 6) is 0. The van der Waals surface area contributed by atoms with Gasteiger partial charge in [-0.2, -0.15) is 12.7 Å². The van der Waals surface area contributed by atoms with Gasteiger partial charge in [-0.3, -0.25) is 4.72 Å². The van der Waals surface area contributed by atoms with Crippen LogP contribution in [0, 0.1) is 0 Å². The normalized spacial score (nSPS) is 11.5. The maximum atomic E-state index is 11.9. The molecule has 17 heavy (non-hydrogen) atoms. The summed E-state index contributed by atoms with van der Waals surface area (Å²) >= 11 is 0. The Morgan fingerprint density at radius 2 is 1.53 bits per heavy atom. The van der Waals surface area contributed by atoms with Crippen LogP contribution < -0.4 is 10.0 Å². The summed E-state index contributed by atoms with van der Waals surface area (Å²) < 4.78 is 27.7. The van der Waals surface area contributed by atoms with Crippen molar-refractivity contribution in [3.63, 3.8) is 0 Å². The number of hydrogen-bond acceptors (Lipinski definition) is 3. The molecule has 0 spiro atoms. The zero-order chi connectivity index (χ0) is 12.9. The Balaban J connectivity index is 2.82. The second kappa shape index (κ2) is 5.88. The Kier molecular flexibility index (Phi) is 4.77. The maximum Gasteiger partial charge on any atom is 0.301 e. The van der Waals surface area contributed by atoms with E-state index < -0.39 is 10.2 Å². The van der Waals surface area contributed by atoms with Crippen molar-refractivity contribution in [2.75, 3.05) is 30.2 Å². The number of benzene rings is 1. The first-order valence-corrected chi connectivity index (χ1v) is 7.03. The number of nitrogens with zero attached hydrogens (tertiary/aromatic N) is 1. The van der Waals surface area contributed by atoms with Crippen LogP contribution in [0.15, 0.2) is 24.3 Å². The Bertz CT molecular complexity index is 438. The van der Waals surface area contributed by atoms with Gasteiger partial charge in [0.1, 0.15) is 0 Å². The Hall–Kier alpha value is -1.27. The first-order valence-electron chi connectivity index (χ1n) is 5.59. The van der Waals surface area contributed by atoms with Crippen LogP contribution in [0.4, 0.5) is 11.4 Å².